The van der Waals surface area contributed by atoms with Crippen LogP contribution in [-0.2, 0) is 9.47 Å². The third kappa shape index (κ3) is 6.69. The number of H-pyrrole nitrogens is 1. The number of amides is 2. The van der Waals surface area contributed by atoms with Crippen LogP contribution in [0.3, 0.4) is 0 Å². The Labute approximate surface area is 228 Å². The van der Waals surface area contributed by atoms with Crippen LogP contribution in [0.2, 0.25) is 0 Å². The number of rotatable bonds is 8. The number of methoxy groups -OCH3 is 1. The van der Waals surface area contributed by atoms with E-state index in [9.17, 15) is 14.4 Å². The second kappa shape index (κ2) is 12.2. The SMILES string of the molecule is COCCCOc1ccccc1-n1c(-c2ccccc2)c(C(=O)N2CCN(C(=O)OC(C)(C)C)CC2)[nH]c1=O. The molecule has 0 atom stereocenters. The molecule has 2 aromatic carbocycles. The summed E-state index contributed by atoms with van der Waals surface area (Å²) in [7, 11) is 1.63. The van der Waals surface area contributed by atoms with Crippen LogP contribution in [0.4, 0.5) is 4.79 Å². The van der Waals surface area contributed by atoms with Crippen LogP contribution in [0, 0.1) is 0 Å². The van der Waals surface area contributed by atoms with E-state index in [0.29, 0.717) is 68.5 Å². The fourth-order valence-electron chi connectivity index (χ4n) is 4.42. The number of hydrogen-bond acceptors (Lipinski definition) is 6. The smallest absolute Gasteiger partial charge is 0.410 e. The summed E-state index contributed by atoms with van der Waals surface area (Å²) in [6.07, 6.45) is 0.290. The topological polar surface area (TPSA) is 106 Å². The van der Waals surface area contributed by atoms with Gasteiger partial charge < -0.3 is 29.0 Å². The maximum Gasteiger partial charge on any atom is 0.410 e. The van der Waals surface area contributed by atoms with Gasteiger partial charge in [-0.3, -0.25) is 9.36 Å². The van der Waals surface area contributed by atoms with Crippen molar-refractivity contribution in [3.8, 4) is 22.7 Å². The lowest BCUT2D eigenvalue weighted by Crippen LogP contribution is -2.51. The Morgan fingerprint density at radius 2 is 1.54 bits per heavy atom. The summed E-state index contributed by atoms with van der Waals surface area (Å²) < 4.78 is 18.1. The Hall–Kier alpha value is -4.05. The maximum absolute atomic E-state index is 13.8. The van der Waals surface area contributed by atoms with E-state index in [1.807, 2.05) is 63.2 Å². The van der Waals surface area contributed by atoms with E-state index in [-0.39, 0.29) is 11.6 Å². The Morgan fingerprint density at radius 1 is 0.897 bits per heavy atom. The van der Waals surface area contributed by atoms with Crippen molar-refractivity contribution < 1.29 is 23.8 Å². The molecule has 208 valence electrons. The number of aromatic amines is 1. The highest BCUT2D eigenvalue weighted by molar-refractivity contribution is 5.99. The molecule has 1 N–H and O–H groups in total. The molecule has 2 amide bonds. The number of nitrogens with one attached hydrogen (secondary N) is 1. The largest absolute Gasteiger partial charge is 0.491 e. The molecular weight excluding hydrogens is 500 g/mol. The Morgan fingerprint density at radius 3 is 2.21 bits per heavy atom. The van der Waals surface area contributed by atoms with Gasteiger partial charge in [-0.25, -0.2) is 9.59 Å². The average Bonchev–Trinajstić information content (AvgIpc) is 3.27. The minimum Gasteiger partial charge on any atom is -0.491 e. The number of para-hydroxylation sites is 2. The van der Waals surface area contributed by atoms with Gasteiger partial charge in [0.05, 0.1) is 18.0 Å². The Kier molecular flexibility index (Phi) is 8.75. The summed E-state index contributed by atoms with van der Waals surface area (Å²) in [6.45, 7) is 7.74. The van der Waals surface area contributed by atoms with E-state index in [4.69, 9.17) is 14.2 Å². The third-order valence-electron chi connectivity index (χ3n) is 6.23. The lowest BCUT2D eigenvalue weighted by Gasteiger charge is -2.35. The number of carbonyl (C=O) groups excluding carboxylic acids is 2. The van der Waals surface area contributed by atoms with Crippen molar-refractivity contribution in [2.75, 3.05) is 46.5 Å². The monoisotopic (exact) mass is 536 g/mol. The van der Waals surface area contributed by atoms with Crippen LogP contribution >= 0.6 is 0 Å². The van der Waals surface area contributed by atoms with Gasteiger partial charge in [0.15, 0.2) is 0 Å². The predicted octanol–water partition coefficient (Wildman–Crippen LogP) is 3.94. The van der Waals surface area contributed by atoms with Gasteiger partial charge in [0.1, 0.15) is 17.0 Å². The third-order valence-corrected chi connectivity index (χ3v) is 6.23. The molecule has 10 nitrogen and oxygen atoms in total. The van der Waals surface area contributed by atoms with Crippen molar-refractivity contribution in [1.29, 1.82) is 0 Å². The number of hydrogen-bond donors (Lipinski definition) is 1. The van der Waals surface area contributed by atoms with Gasteiger partial charge in [-0.15, -0.1) is 0 Å². The van der Waals surface area contributed by atoms with E-state index in [1.54, 1.807) is 29.0 Å². The molecule has 3 aromatic rings. The molecule has 1 aromatic heterocycles. The van der Waals surface area contributed by atoms with Gasteiger partial charge in [-0.1, -0.05) is 42.5 Å². The zero-order chi connectivity index (χ0) is 28.0. The van der Waals surface area contributed by atoms with Crippen LogP contribution in [0.25, 0.3) is 16.9 Å². The molecule has 0 bridgehead atoms. The van der Waals surface area contributed by atoms with E-state index >= 15 is 0 Å². The standard InChI is InChI=1S/C29H36N4O6/c1-29(2,3)39-28(36)32-17-15-31(16-18-32)26(34)24-25(21-11-6-5-7-12-21)33(27(35)30-24)22-13-8-9-14-23(22)38-20-10-19-37-4/h5-9,11-14H,10,15-20H2,1-4H3,(H,30,35). The molecule has 1 fully saturated rings. The summed E-state index contributed by atoms with van der Waals surface area (Å²) >= 11 is 0. The minimum atomic E-state index is -0.596. The first-order valence-corrected chi connectivity index (χ1v) is 13.1. The molecule has 0 unspecified atom stereocenters. The van der Waals surface area contributed by atoms with E-state index in [2.05, 4.69) is 4.98 Å². The molecule has 0 saturated carbocycles. The fourth-order valence-corrected chi connectivity index (χ4v) is 4.42. The second-order valence-corrected chi connectivity index (χ2v) is 10.3. The Bertz CT molecular complexity index is 1330. The van der Waals surface area contributed by atoms with E-state index in [1.165, 1.54) is 4.57 Å². The first kappa shape index (κ1) is 28.0. The van der Waals surface area contributed by atoms with Crippen LogP contribution < -0.4 is 10.4 Å². The normalized spacial score (nSPS) is 13.8. The van der Waals surface area contributed by atoms with Gasteiger partial charge in [-0.2, -0.15) is 0 Å². The Balaban J connectivity index is 1.65. The zero-order valence-electron chi connectivity index (χ0n) is 22.9. The van der Waals surface area contributed by atoms with Crippen molar-refractivity contribution in [1.82, 2.24) is 19.4 Å². The number of aromatic nitrogens is 2. The van der Waals surface area contributed by atoms with Crippen molar-refractivity contribution >= 4 is 12.0 Å². The molecule has 39 heavy (non-hydrogen) atoms. The molecule has 1 saturated heterocycles. The quantitative estimate of drug-likeness (QED) is 0.437. The van der Waals surface area contributed by atoms with Crippen LogP contribution in [0.15, 0.2) is 59.4 Å². The molecule has 0 spiro atoms. The zero-order valence-corrected chi connectivity index (χ0v) is 22.9. The highest BCUT2D eigenvalue weighted by Gasteiger charge is 2.31. The van der Waals surface area contributed by atoms with E-state index in [0.717, 1.165) is 0 Å². The minimum absolute atomic E-state index is 0.186. The van der Waals surface area contributed by atoms with Crippen molar-refractivity contribution in [2.24, 2.45) is 0 Å². The first-order chi connectivity index (χ1) is 18.7. The molecule has 1 aliphatic heterocycles. The number of benzene rings is 2. The molecule has 10 heteroatoms. The molecule has 2 heterocycles. The average molecular weight is 537 g/mol. The van der Waals surface area contributed by atoms with Gasteiger partial charge in [0.25, 0.3) is 5.91 Å². The van der Waals surface area contributed by atoms with Gasteiger partial charge in [-0.05, 0) is 32.9 Å². The lowest BCUT2D eigenvalue weighted by molar-refractivity contribution is 0.0140. The van der Waals surface area contributed by atoms with Crippen molar-refractivity contribution in [3.05, 3.63) is 70.8 Å². The molecule has 0 radical (unpaired) electrons. The molecular formula is C29H36N4O6. The number of ether oxygens (including phenoxy) is 3. The molecule has 4 rings (SSSR count). The summed E-state index contributed by atoms with van der Waals surface area (Å²) in [5.74, 6) is 0.212. The van der Waals surface area contributed by atoms with E-state index < -0.39 is 17.4 Å². The van der Waals surface area contributed by atoms with Crippen LogP contribution in [0.5, 0.6) is 5.75 Å². The second-order valence-electron chi connectivity index (χ2n) is 10.3. The maximum atomic E-state index is 13.8. The highest BCUT2D eigenvalue weighted by Crippen LogP contribution is 2.30. The van der Waals surface area contributed by atoms with Gasteiger partial charge in [0, 0.05) is 51.9 Å². The molecule has 1 aliphatic rings. The van der Waals surface area contributed by atoms with Crippen molar-refractivity contribution in [2.45, 2.75) is 32.8 Å². The van der Waals surface area contributed by atoms with Crippen LogP contribution in [-0.4, -0.2) is 83.5 Å². The summed E-state index contributed by atoms with van der Waals surface area (Å²) in [5.41, 5.74) is 0.835. The van der Waals surface area contributed by atoms with Gasteiger partial charge in [0.2, 0.25) is 0 Å². The number of nitrogens with zero attached hydrogens (tertiary/aromatic N) is 3. The summed E-state index contributed by atoms with van der Waals surface area (Å²) in [6, 6.07) is 16.6. The fraction of sp³-hybridized carbons (Fsp3) is 0.414. The van der Waals surface area contributed by atoms with Gasteiger partial charge >= 0.3 is 11.8 Å². The lowest BCUT2D eigenvalue weighted by atomic mass is 10.1. The predicted molar refractivity (Wildman–Crippen MR) is 148 cm³/mol. The highest BCUT2D eigenvalue weighted by atomic mass is 16.6. The number of imidazole rings is 1. The number of piperazine rings is 1. The summed E-state index contributed by atoms with van der Waals surface area (Å²) in [5, 5.41) is 0. The summed E-state index contributed by atoms with van der Waals surface area (Å²) in [4.78, 5) is 45.7. The van der Waals surface area contributed by atoms with Crippen molar-refractivity contribution in [3.63, 3.8) is 0 Å². The number of carbonyl (C=O) groups is 2. The first-order valence-electron chi connectivity index (χ1n) is 13.1. The molecule has 0 aliphatic carbocycles. The van der Waals surface area contributed by atoms with Crippen LogP contribution in [0.1, 0.15) is 37.7 Å².